The first-order chi connectivity index (χ1) is 9.26. The minimum Gasteiger partial charge on any atom is -0.790 e. The molecule has 2 aliphatic rings. The fourth-order valence-corrected chi connectivity index (χ4v) is 2.40. The second-order valence-corrected chi connectivity index (χ2v) is 5.62. The number of phosphoric acid groups is 1. The number of rotatable bonds is 4. The molecule has 2 fully saturated rings. The predicted molar refractivity (Wildman–Crippen MR) is 57.7 cm³/mol. The van der Waals surface area contributed by atoms with E-state index in [1.165, 1.54) is 4.90 Å². The number of amides is 3. The van der Waals surface area contributed by atoms with Gasteiger partial charge in [-0.05, 0) is 0 Å². The van der Waals surface area contributed by atoms with Crippen molar-refractivity contribution in [3.8, 4) is 0 Å². The Kier molecular flexibility index (Phi) is 9.87. The SMILES string of the molecule is O=C1CCN([C@H]2C[C@H](O)[C@@H](COP(=O)([O-])[O-])O2)C(=O)N1.[Na+].[Na+]. The van der Waals surface area contributed by atoms with Crippen LogP contribution in [-0.2, 0) is 18.6 Å². The normalized spacial score (nSPS) is 28.7. The predicted octanol–water partition coefficient (Wildman–Crippen LogP) is -8.74. The summed E-state index contributed by atoms with van der Waals surface area (Å²) < 4.78 is 19.7. The molecule has 3 amide bonds. The molecule has 10 nitrogen and oxygen atoms in total. The van der Waals surface area contributed by atoms with E-state index in [0.717, 1.165) is 0 Å². The Bertz CT molecular complexity index is 461. The van der Waals surface area contributed by atoms with Crippen molar-refractivity contribution < 1.29 is 97.4 Å². The summed E-state index contributed by atoms with van der Waals surface area (Å²) in [6.07, 6.45) is -2.75. The Morgan fingerprint density at radius 1 is 1.41 bits per heavy atom. The summed E-state index contributed by atoms with van der Waals surface area (Å²) in [4.78, 5) is 44.5. The van der Waals surface area contributed by atoms with Crippen LogP contribution in [0.25, 0.3) is 0 Å². The molecule has 0 saturated carbocycles. The molecule has 114 valence electrons. The molecule has 2 aliphatic heterocycles. The number of aliphatic hydroxyl groups is 1. The Balaban J connectivity index is 0.00000220. The van der Waals surface area contributed by atoms with E-state index in [1.54, 1.807) is 0 Å². The van der Waals surface area contributed by atoms with Gasteiger partial charge in [-0.15, -0.1) is 0 Å². The van der Waals surface area contributed by atoms with Crippen LogP contribution in [0.15, 0.2) is 0 Å². The molecule has 0 bridgehead atoms. The number of imide groups is 1. The number of nitrogens with one attached hydrogen (secondary N) is 1. The Hall–Kier alpha value is 0.970. The van der Waals surface area contributed by atoms with E-state index in [1.807, 2.05) is 0 Å². The minimum atomic E-state index is -5.15. The summed E-state index contributed by atoms with van der Waals surface area (Å²) >= 11 is 0. The minimum absolute atomic E-state index is 0. The van der Waals surface area contributed by atoms with Crippen molar-refractivity contribution in [3.63, 3.8) is 0 Å². The molecule has 13 heteroatoms. The molecule has 2 saturated heterocycles. The summed E-state index contributed by atoms with van der Waals surface area (Å²) in [7, 11) is -5.15. The molecular weight excluding hydrogens is 341 g/mol. The molecule has 0 radical (unpaired) electrons. The van der Waals surface area contributed by atoms with Gasteiger partial charge in [-0.2, -0.15) is 0 Å². The maximum atomic E-state index is 11.6. The maximum absolute atomic E-state index is 11.6. The number of hydrogen-bond donors (Lipinski definition) is 2. The van der Waals surface area contributed by atoms with Gasteiger partial charge >= 0.3 is 65.1 Å². The zero-order chi connectivity index (χ0) is 14.9. The molecular formula is C9H13N2Na2O8P. The third kappa shape index (κ3) is 6.46. The number of urea groups is 1. The average molecular weight is 354 g/mol. The van der Waals surface area contributed by atoms with Crippen LogP contribution in [0.1, 0.15) is 12.8 Å². The van der Waals surface area contributed by atoms with Crippen LogP contribution in [0.3, 0.4) is 0 Å². The van der Waals surface area contributed by atoms with Crippen LogP contribution >= 0.6 is 7.82 Å². The number of nitrogens with zero attached hydrogens (tertiary/aromatic N) is 1. The van der Waals surface area contributed by atoms with Crippen molar-refractivity contribution in [2.75, 3.05) is 13.2 Å². The van der Waals surface area contributed by atoms with Crippen LogP contribution in [0.2, 0.25) is 0 Å². The van der Waals surface area contributed by atoms with Crippen molar-refractivity contribution in [3.05, 3.63) is 0 Å². The van der Waals surface area contributed by atoms with Gasteiger partial charge in [0, 0.05) is 19.4 Å². The smallest absolute Gasteiger partial charge is 0.790 e. The molecule has 0 aromatic heterocycles. The second-order valence-electron chi connectivity index (χ2n) is 4.47. The first kappa shape index (κ1) is 23.0. The number of phosphoric ester groups is 1. The summed E-state index contributed by atoms with van der Waals surface area (Å²) in [5.41, 5.74) is 0. The number of aliphatic hydroxyl groups excluding tert-OH is 1. The summed E-state index contributed by atoms with van der Waals surface area (Å²) in [6, 6.07) is -0.640. The quantitative estimate of drug-likeness (QED) is 0.373. The van der Waals surface area contributed by atoms with Crippen molar-refractivity contribution in [1.82, 2.24) is 10.2 Å². The van der Waals surface area contributed by atoms with Crippen LogP contribution in [0.5, 0.6) is 0 Å². The summed E-state index contributed by atoms with van der Waals surface area (Å²) in [6.45, 7) is -0.479. The van der Waals surface area contributed by atoms with E-state index in [0.29, 0.717) is 0 Å². The van der Waals surface area contributed by atoms with E-state index in [2.05, 4.69) is 9.84 Å². The van der Waals surface area contributed by atoms with Crippen molar-refractivity contribution in [1.29, 1.82) is 0 Å². The van der Waals surface area contributed by atoms with Crippen molar-refractivity contribution in [2.24, 2.45) is 0 Å². The largest absolute Gasteiger partial charge is 1.00 e. The van der Waals surface area contributed by atoms with E-state index in [9.17, 15) is 29.0 Å². The summed E-state index contributed by atoms with van der Waals surface area (Å²) in [5.74, 6) is -0.400. The van der Waals surface area contributed by atoms with Gasteiger partial charge in [-0.3, -0.25) is 15.0 Å². The molecule has 0 unspecified atom stereocenters. The monoisotopic (exact) mass is 354 g/mol. The summed E-state index contributed by atoms with van der Waals surface area (Å²) in [5, 5.41) is 11.8. The molecule has 3 atom stereocenters. The molecule has 2 heterocycles. The molecule has 0 aliphatic carbocycles. The van der Waals surface area contributed by atoms with E-state index < -0.39 is 44.8 Å². The van der Waals surface area contributed by atoms with Gasteiger partial charge in [0.1, 0.15) is 12.3 Å². The van der Waals surface area contributed by atoms with Crippen LogP contribution in [0, 0.1) is 0 Å². The topological polar surface area (TPSA) is 151 Å². The molecule has 22 heavy (non-hydrogen) atoms. The van der Waals surface area contributed by atoms with Crippen LogP contribution < -0.4 is 74.2 Å². The Labute approximate surface area is 170 Å². The van der Waals surface area contributed by atoms with Crippen molar-refractivity contribution in [2.45, 2.75) is 31.3 Å². The number of hydrogen-bond acceptors (Lipinski definition) is 8. The molecule has 0 aromatic rings. The fourth-order valence-electron chi connectivity index (χ4n) is 2.07. The van der Waals surface area contributed by atoms with Gasteiger partial charge in [0.25, 0.3) is 0 Å². The maximum Gasteiger partial charge on any atom is 1.00 e. The van der Waals surface area contributed by atoms with E-state index in [-0.39, 0.29) is 78.5 Å². The zero-order valence-corrected chi connectivity index (χ0v) is 17.2. The van der Waals surface area contributed by atoms with Crippen LogP contribution in [0.4, 0.5) is 4.79 Å². The number of ether oxygens (including phenoxy) is 1. The Morgan fingerprint density at radius 3 is 2.59 bits per heavy atom. The van der Waals surface area contributed by atoms with Crippen molar-refractivity contribution >= 4 is 19.8 Å². The molecule has 0 spiro atoms. The third-order valence-corrected chi connectivity index (χ3v) is 3.50. The second kappa shape index (κ2) is 9.45. The number of carbonyl (C=O) groups is 2. The van der Waals surface area contributed by atoms with E-state index >= 15 is 0 Å². The Morgan fingerprint density at radius 2 is 2.05 bits per heavy atom. The third-order valence-electron chi connectivity index (χ3n) is 3.04. The zero-order valence-electron chi connectivity index (χ0n) is 12.3. The van der Waals surface area contributed by atoms with E-state index in [4.69, 9.17) is 4.74 Å². The first-order valence-electron chi connectivity index (χ1n) is 5.87. The van der Waals surface area contributed by atoms with Gasteiger partial charge in [0.15, 0.2) is 0 Å². The molecule has 2 N–H and O–H groups in total. The van der Waals surface area contributed by atoms with Gasteiger partial charge in [0.2, 0.25) is 5.91 Å². The standard InChI is InChI=1S/C9H15N2O8P.2Na/c12-5-3-8(11-2-1-7(13)10-9(11)14)19-6(5)4-18-20(15,16)17;;/h5-6,8,12H,1-4H2,(H,10,13,14)(H2,15,16,17);;/q;2*+1/p-2/t5-,6+,8+;;/m0../s1. The fraction of sp³-hybridized carbons (Fsp3) is 0.778. The van der Waals surface area contributed by atoms with Gasteiger partial charge in [0.05, 0.1) is 20.5 Å². The van der Waals surface area contributed by atoms with Gasteiger partial charge < -0.3 is 28.7 Å². The first-order valence-corrected chi connectivity index (χ1v) is 7.33. The van der Waals surface area contributed by atoms with Gasteiger partial charge in [-0.1, -0.05) is 0 Å². The average Bonchev–Trinajstić information content (AvgIpc) is 2.67. The number of carbonyl (C=O) groups excluding carboxylic acids is 2. The molecule has 0 aromatic carbocycles. The van der Waals surface area contributed by atoms with Gasteiger partial charge in [-0.25, -0.2) is 4.79 Å². The molecule has 2 rings (SSSR count). The van der Waals surface area contributed by atoms with Crippen LogP contribution in [-0.4, -0.2) is 53.5 Å².